The van der Waals surface area contributed by atoms with Gasteiger partial charge in [0.15, 0.2) is 10.8 Å². The molecule has 1 aromatic carbocycles. The Kier molecular flexibility index (Phi) is 2.88. The van der Waals surface area contributed by atoms with Crippen molar-refractivity contribution in [3.63, 3.8) is 0 Å². The first-order chi connectivity index (χ1) is 9.63. The molecule has 0 radical (unpaired) electrons. The van der Waals surface area contributed by atoms with Crippen LogP contribution in [0.25, 0.3) is 10.2 Å². The third kappa shape index (κ3) is 2.21. The Balaban J connectivity index is 1.89. The van der Waals surface area contributed by atoms with Gasteiger partial charge in [-0.2, -0.15) is 15.4 Å². The van der Waals surface area contributed by atoms with Gasteiger partial charge >= 0.3 is 5.97 Å². The van der Waals surface area contributed by atoms with Crippen LogP contribution < -0.4 is 5.32 Å². The number of benzene rings is 1. The SMILES string of the molecule is O=C(O)c1ccc2nc(NC(=O)c3cn[nH]n3)sc2c1. The molecule has 100 valence electrons. The summed E-state index contributed by atoms with van der Waals surface area (Å²) in [7, 11) is 0. The van der Waals surface area contributed by atoms with Gasteiger partial charge in [0.25, 0.3) is 5.91 Å². The predicted molar refractivity (Wildman–Crippen MR) is 70.9 cm³/mol. The zero-order valence-corrected chi connectivity index (χ0v) is 10.6. The fourth-order valence-corrected chi connectivity index (χ4v) is 2.48. The van der Waals surface area contributed by atoms with Gasteiger partial charge in [-0.1, -0.05) is 11.3 Å². The lowest BCUT2D eigenvalue weighted by molar-refractivity contribution is 0.0697. The Morgan fingerprint density at radius 3 is 2.90 bits per heavy atom. The minimum absolute atomic E-state index is 0.149. The van der Waals surface area contributed by atoms with Crippen molar-refractivity contribution in [3.05, 3.63) is 35.7 Å². The number of hydrogen-bond acceptors (Lipinski definition) is 6. The summed E-state index contributed by atoms with van der Waals surface area (Å²) in [6, 6.07) is 4.58. The molecule has 1 amide bonds. The highest BCUT2D eigenvalue weighted by molar-refractivity contribution is 7.22. The molecule has 0 saturated carbocycles. The van der Waals surface area contributed by atoms with Crippen molar-refractivity contribution in [2.45, 2.75) is 0 Å². The van der Waals surface area contributed by atoms with Crippen molar-refractivity contribution in [1.82, 2.24) is 20.4 Å². The molecule has 0 fully saturated rings. The van der Waals surface area contributed by atoms with Crippen LogP contribution in [0.5, 0.6) is 0 Å². The predicted octanol–water partition coefficient (Wildman–Crippen LogP) is 1.36. The summed E-state index contributed by atoms with van der Waals surface area (Å²) in [5, 5.41) is 21.4. The Labute approximate surface area is 115 Å². The molecule has 20 heavy (non-hydrogen) atoms. The van der Waals surface area contributed by atoms with E-state index in [0.717, 1.165) is 0 Å². The Morgan fingerprint density at radius 2 is 2.20 bits per heavy atom. The number of aromatic amines is 1. The van der Waals surface area contributed by atoms with Crippen LogP contribution in [0.4, 0.5) is 5.13 Å². The van der Waals surface area contributed by atoms with Gasteiger partial charge in [0.2, 0.25) is 0 Å². The first-order valence-electron chi connectivity index (χ1n) is 5.44. The number of carboxylic acid groups (broad SMARTS) is 1. The number of carboxylic acids is 1. The molecule has 3 N–H and O–H groups in total. The van der Waals surface area contributed by atoms with Gasteiger partial charge in [0.1, 0.15) is 0 Å². The van der Waals surface area contributed by atoms with Gasteiger partial charge in [-0.3, -0.25) is 10.1 Å². The van der Waals surface area contributed by atoms with E-state index in [1.165, 1.54) is 29.7 Å². The van der Waals surface area contributed by atoms with E-state index in [2.05, 4.69) is 25.7 Å². The van der Waals surface area contributed by atoms with E-state index in [9.17, 15) is 9.59 Å². The average molecular weight is 289 g/mol. The summed E-state index contributed by atoms with van der Waals surface area (Å²) in [5.41, 5.74) is 0.946. The Morgan fingerprint density at radius 1 is 1.35 bits per heavy atom. The first-order valence-corrected chi connectivity index (χ1v) is 6.26. The molecular formula is C11H7N5O3S. The maximum absolute atomic E-state index is 11.8. The van der Waals surface area contributed by atoms with E-state index in [1.54, 1.807) is 6.07 Å². The molecule has 0 spiro atoms. The van der Waals surface area contributed by atoms with Crippen LogP contribution in [0.2, 0.25) is 0 Å². The van der Waals surface area contributed by atoms with Crippen LogP contribution in [0, 0.1) is 0 Å². The summed E-state index contributed by atoms with van der Waals surface area (Å²) < 4.78 is 0.681. The van der Waals surface area contributed by atoms with Crippen LogP contribution in [0.1, 0.15) is 20.8 Å². The van der Waals surface area contributed by atoms with Crippen LogP contribution in [-0.2, 0) is 0 Å². The summed E-state index contributed by atoms with van der Waals surface area (Å²) in [5.74, 6) is -1.44. The van der Waals surface area contributed by atoms with Gasteiger partial charge < -0.3 is 5.11 Å². The van der Waals surface area contributed by atoms with Crippen molar-refractivity contribution in [2.75, 3.05) is 5.32 Å². The number of thiazole rings is 1. The number of nitrogens with zero attached hydrogens (tertiary/aromatic N) is 3. The van der Waals surface area contributed by atoms with E-state index < -0.39 is 11.9 Å². The number of carbonyl (C=O) groups is 2. The van der Waals surface area contributed by atoms with Gasteiger partial charge in [0.05, 0.1) is 22.0 Å². The molecule has 0 aliphatic carbocycles. The maximum Gasteiger partial charge on any atom is 0.335 e. The Bertz CT molecular complexity index is 796. The first kappa shape index (κ1) is 12.2. The zero-order chi connectivity index (χ0) is 14.1. The van der Waals surface area contributed by atoms with E-state index in [1.807, 2.05) is 0 Å². The van der Waals surface area contributed by atoms with Gasteiger partial charge in [-0.05, 0) is 18.2 Å². The molecule has 9 heteroatoms. The highest BCUT2D eigenvalue weighted by Crippen LogP contribution is 2.27. The molecule has 2 heterocycles. The molecule has 0 saturated heterocycles. The molecule has 0 atom stereocenters. The number of aromatic carboxylic acids is 1. The number of rotatable bonds is 3. The van der Waals surface area contributed by atoms with Gasteiger partial charge in [0, 0.05) is 0 Å². The molecular weight excluding hydrogens is 282 g/mol. The Hall–Kier alpha value is -2.81. The fourth-order valence-electron chi connectivity index (χ4n) is 1.58. The topological polar surface area (TPSA) is 121 Å². The van der Waals surface area contributed by atoms with Crippen molar-refractivity contribution in [3.8, 4) is 0 Å². The lowest BCUT2D eigenvalue weighted by Crippen LogP contribution is -2.11. The van der Waals surface area contributed by atoms with Crippen molar-refractivity contribution >= 4 is 38.6 Å². The second-order valence-electron chi connectivity index (χ2n) is 3.82. The minimum Gasteiger partial charge on any atom is -0.478 e. The van der Waals surface area contributed by atoms with Crippen LogP contribution in [0.3, 0.4) is 0 Å². The van der Waals surface area contributed by atoms with Gasteiger partial charge in [-0.15, -0.1) is 0 Å². The summed E-state index contributed by atoms with van der Waals surface area (Å²) in [6.45, 7) is 0. The highest BCUT2D eigenvalue weighted by Gasteiger charge is 2.13. The van der Waals surface area contributed by atoms with Crippen LogP contribution >= 0.6 is 11.3 Å². The number of fused-ring (bicyclic) bond motifs is 1. The summed E-state index contributed by atoms with van der Waals surface area (Å²) in [6.07, 6.45) is 1.30. The molecule has 0 bridgehead atoms. The quantitative estimate of drug-likeness (QED) is 0.669. The number of hydrogen-bond donors (Lipinski definition) is 3. The van der Waals surface area contributed by atoms with E-state index in [0.29, 0.717) is 15.3 Å². The molecule has 0 aliphatic rings. The molecule has 3 aromatic rings. The second-order valence-corrected chi connectivity index (χ2v) is 4.85. The van der Waals surface area contributed by atoms with E-state index in [-0.39, 0.29) is 11.3 Å². The van der Waals surface area contributed by atoms with Gasteiger partial charge in [-0.25, -0.2) is 9.78 Å². The van der Waals surface area contributed by atoms with Crippen molar-refractivity contribution < 1.29 is 14.7 Å². The molecule has 2 aromatic heterocycles. The van der Waals surface area contributed by atoms with Crippen molar-refractivity contribution in [2.24, 2.45) is 0 Å². The molecule has 0 unspecified atom stereocenters. The fraction of sp³-hybridized carbons (Fsp3) is 0. The van der Waals surface area contributed by atoms with Crippen LogP contribution in [-0.4, -0.2) is 37.4 Å². The molecule has 8 nitrogen and oxygen atoms in total. The smallest absolute Gasteiger partial charge is 0.335 e. The lowest BCUT2D eigenvalue weighted by atomic mass is 10.2. The van der Waals surface area contributed by atoms with E-state index >= 15 is 0 Å². The largest absolute Gasteiger partial charge is 0.478 e. The number of nitrogens with one attached hydrogen (secondary N) is 2. The molecule has 0 aliphatic heterocycles. The summed E-state index contributed by atoms with van der Waals surface area (Å²) >= 11 is 1.19. The number of aromatic nitrogens is 4. The van der Waals surface area contributed by atoms with E-state index in [4.69, 9.17) is 5.11 Å². The maximum atomic E-state index is 11.8. The number of carbonyl (C=O) groups excluding carboxylic acids is 1. The average Bonchev–Trinajstić information content (AvgIpc) is 3.06. The number of amides is 1. The highest BCUT2D eigenvalue weighted by atomic mass is 32.1. The second kappa shape index (κ2) is 4.70. The third-order valence-corrected chi connectivity index (χ3v) is 3.44. The van der Waals surface area contributed by atoms with Crippen molar-refractivity contribution in [1.29, 1.82) is 0 Å². The normalized spacial score (nSPS) is 10.6. The lowest BCUT2D eigenvalue weighted by Gasteiger charge is -1.95. The number of H-pyrrole nitrogens is 1. The third-order valence-electron chi connectivity index (χ3n) is 2.50. The summed E-state index contributed by atoms with van der Waals surface area (Å²) in [4.78, 5) is 26.8. The minimum atomic E-state index is -1.01. The standard InChI is InChI=1S/C11H7N5O3S/c17-9(7-4-12-16-15-7)14-11-13-6-2-1-5(10(18)19)3-8(6)20-11/h1-4H,(H,18,19)(H,12,15,16)(H,13,14,17). The van der Waals surface area contributed by atoms with Crippen LogP contribution in [0.15, 0.2) is 24.4 Å². The monoisotopic (exact) mass is 289 g/mol. The number of anilines is 1. The molecule has 3 rings (SSSR count). The zero-order valence-electron chi connectivity index (χ0n) is 9.82.